The summed E-state index contributed by atoms with van der Waals surface area (Å²) in [4.78, 5) is 0. The molecule has 0 saturated carbocycles. The van der Waals surface area contributed by atoms with Crippen LogP contribution in [0.1, 0.15) is 23.6 Å². The molecule has 0 bridgehead atoms. The molecule has 1 aliphatic heterocycles. The summed E-state index contributed by atoms with van der Waals surface area (Å²) in [5.74, 6) is 0. The molecule has 2 aromatic rings. The monoisotopic (exact) mass is 228 g/mol. The van der Waals surface area contributed by atoms with Crippen LogP contribution < -0.4 is 11.1 Å². The minimum Gasteiger partial charge on any atom is -0.399 e. The molecule has 4 heteroatoms. The lowest BCUT2D eigenvalue weighted by molar-refractivity contribution is 0.472. The zero-order chi connectivity index (χ0) is 11.7. The van der Waals surface area contributed by atoms with Gasteiger partial charge in [-0.1, -0.05) is 6.07 Å². The van der Waals surface area contributed by atoms with Crippen molar-refractivity contribution in [3.05, 3.63) is 47.8 Å². The van der Waals surface area contributed by atoms with Crippen molar-refractivity contribution in [2.24, 2.45) is 0 Å². The highest BCUT2D eigenvalue weighted by atomic mass is 15.3. The molecular weight excluding hydrogens is 212 g/mol. The van der Waals surface area contributed by atoms with Crippen molar-refractivity contribution in [1.82, 2.24) is 15.1 Å². The van der Waals surface area contributed by atoms with Crippen molar-refractivity contribution >= 4 is 5.69 Å². The molecule has 88 valence electrons. The zero-order valence-electron chi connectivity index (χ0n) is 9.63. The normalized spacial score (nSPS) is 18.2. The Labute approximate surface area is 100 Å². The van der Waals surface area contributed by atoms with Crippen molar-refractivity contribution in [3.8, 4) is 0 Å². The van der Waals surface area contributed by atoms with Gasteiger partial charge in [0.1, 0.15) is 0 Å². The summed E-state index contributed by atoms with van der Waals surface area (Å²) < 4.78 is 1.97. The number of nitrogens with one attached hydrogen (secondary N) is 1. The first-order valence-corrected chi connectivity index (χ1v) is 5.92. The Morgan fingerprint density at radius 3 is 3.24 bits per heavy atom. The van der Waals surface area contributed by atoms with E-state index in [9.17, 15) is 0 Å². The second-order valence-corrected chi connectivity index (χ2v) is 4.45. The molecule has 0 spiro atoms. The third-order valence-electron chi connectivity index (χ3n) is 3.29. The number of aryl methyl sites for hydroxylation is 1. The predicted octanol–water partition coefficient (Wildman–Crippen LogP) is 1.70. The molecule has 1 aromatic carbocycles. The summed E-state index contributed by atoms with van der Waals surface area (Å²) in [5, 5.41) is 7.73. The molecule has 2 heterocycles. The number of nitrogen functional groups attached to an aromatic ring is 1. The van der Waals surface area contributed by atoms with Crippen molar-refractivity contribution in [2.45, 2.75) is 25.6 Å². The Morgan fingerprint density at radius 1 is 1.47 bits per heavy atom. The molecule has 0 aliphatic carbocycles. The van der Waals surface area contributed by atoms with Gasteiger partial charge in [-0.2, -0.15) is 5.10 Å². The van der Waals surface area contributed by atoms with Crippen LogP contribution in [0.15, 0.2) is 36.7 Å². The number of rotatable bonds is 3. The highest BCUT2D eigenvalue weighted by Crippen LogP contribution is 2.29. The van der Waals surface area contributed by atoms with Gasteiger partial charge in [0.2, 0.25) is 0 Å². The minimum atomic E-state index is 0.426. The summed E-state index contributed by atoms with van der Waals surface area (Å²) in [6, 6.07) is 8.56. The van der Waals surface area contributed by atoms with E-state index in [0.29, 0.717) is 6.04 Å². The lowest BCUT2D eigenvalue weighted by Gasteiger charge is -2.12. The molecule has 0 saturated heterocycles. The summed E-state index contributed by atoms with van der Waals surface area (Å²) in [6.45, 7) is 1.86. The molecule has 0 amide bonds. The molecular formula is C13H16N4. The molecule has 1 aromatic heterocycles. The van der Waals surface area contributed by atoms with Gasteiger partial charge in [-0.05, 0) is 35.7 Å². The highest BCUT2D eigenvalue weighted by Gasteiger charge is 2.21. The van der Waals surface area contributed by atoms with E-state index in [4.69, 9.17) is 5.73 Å². The van der Waals surface area contributed by atoms with Crippen LogP contribution in [0.5, 0.6) is 0 Å². The van der Waals surface area contributed by atoms with E-state index >= 15 is 0 Å². The Bertz CT molecular complexity index is 504. The maximum Gasteiger partial charge on any atom is 0.0489 e. The SMILES string of the molecule is Nc1ccc2c(c1)CNC2CCn1cccn1. The van der Waals surface area contributed by atoms with Crippen molar-refractivity contribution in [3.63, 3.8) is 0 Å². The van der Waals surface area contributed by atoms with Crippen LogP contribution in [-0.2, 0) is 13.1 Å². The molecule has 17 heavy (non-hydrogen) atoms. The van der Waals surface area contributed by atoms with Gasteiger partial charge >= 0.3 is 0 Å². The van der Waals surface area contributed by atoms with Crippen LogP contribution in [0, 0.1) is 0 Å². The van der Waals surface area contributed by atoms with E-state index < -0.39 is 0 Å². The lowest BCUT2D eigenvalue weighted by Crippen LogP contribution is -2.14. The molecule has 0 radical (unpaired) electrons. The first-order valence-electron chi connectivity index (χ1n) is 5.92. The largest absolute Gasteiger partial charge is 0.399 e. The second kappa shape index (κ2) is 4.22. The number of hydrogen-bond donors (Lipinski definition) is 2. The Kier molecular flexibility index (Phi) is 2.57. The van der Waals surface area contributed by atoms with E-state index in [0.717, 1.165) is 25.2 Å². The minimum absolute atomic E-state index is 0.426. The summed E-state index contributed by atoms with van der Waals surface area (Å²) in [6.07, 6.45) is 4.87. The topological polar surface area (TPSA) is 55.9 Å². The van der Waals surface area contributed by atoms with Gasteiger partial charge in [0.05, 0.1) is 0 Å². The smallest absolute Gasteiger partial charge is 0.0489 e. The van der Waals surface area contributed by atoms with Gasteiger partial charge in [-0.25, -0.2) is 0 Å². The first kappa shape index (κ1) is 10.4. The fourth-order valence-corrected chi connectivity index (χ4v) is 2.41. The fourth-order valence-electron chi connectivity index (χ4n) is 2.41. The number of nitrogens with zero attached hydrogens (tertiary/aromatic N) is 2. The summed E-state index contributed by atoms with van der Waals surface area (Å²) in [5.41, 5.74) is 9.34. The fraction of sp³-hybridized carbons (Fsp3) is 0.308. The van der Waals surface area contributed by atoms with Crippen LogP contribution in [0.4, 0.5) is 5.69 Å². The Morgan fingerprint density at radius 2 is 2.41 bits per heavy atom. The van der Waals surface area contributed by atoms with Crippen LogP contribution in [-0.4, -0.2) is 9.78 Å². The van der Waals surface area contributed by atoms with Crippen LogP contribution in [0.3, 0.4) is 0 Å². The number of benzene rings is 1. The maximum atomic E-state index is 5.79. The van der Waals surface area contributed by atoms with Gasteiger partial charge in [0, 0.05) is 37.2 Å². The average molecular weight is 228 g/mol. The Balaban J connectivity index is 1.71. The number of anilines is 1. The van der Waals surface area contributed by atoms with Gasteiger partial charge in [0.25, 0.3) is 0 Å². The third-order valence-corrected chi connectivity index (χ3v) is 3.29. The van der Waals surface area contributed by atoms with E-state index in [-0.39, 0.29) is 0 Å². The summed E-state index contributed by atoms with van der Waals surface area (Å²) in [7, 11) is 0. The molecule has 1 atom stereocenters. The number of fused-ring (bicyclic) bond motifs is 1. The van der Waals surface area contributed by atoms with Crippen LogP contribution in [0.25, 0.3) is 0 Å². The van der Waals surface area contributed by atoms with E-state index in [1.165, 1.54) is 11.1 Å². The van der Waals surface area contributed by atoms with Gasteiger partial charge in [-0.3, -0.25) is 4.68 Å². The van der Waals surface area contributed by atoms with E-state index in [1.807, 2.05) is 29.2 Å². The second-order valence-electron chi connectivity index (χ2n) is 4.45. The molecule has 3 rings (SSSR count). The molecule has 0 fully saturated rings. The quantitative estimate of drug-likeness (QED) is 0.786. The highest BCUT2D eigenvalue weighted by molar-refractivity contribution is 5.47. The van der Waals surface area contributed by atoms with Crippen molar-refractivity contribution < 1.29 is 0 Å². The Hall–Kier alpha value is -1.81. The van der Waals surface area contributed by atoms with Gasteiger partial charge < -0.3 is 11.1 Å². The summed E-state index contributed by atoms with van der Waals surface area (Å²) >= 11 is 0. The zero-order valence-corrected chi connectivity index (χ0v) is 9.63. The first-order chi connectivity index (χ1) is 8.33. The van der Waals surface area contributed by atoms with Crippen LogP contribution in [0.2, 0.25) is 0 Å². The van der Waals surface area contributed by atoms with Gasteiger partial charge in [-0.15, -0.1) is 0 Å². The van der Waals surface area contributed by atoms with Gasteiger partial charge in [0.15, 0.2) is 0 Å². The van der Waals surface area contributed by atoms with Crippen molar-refractivity contribution in [2.75, 3.05) is 5.73 Å². The van der Waals surface area contributed by atoms with E-state index in [2.05, 4.69) is 22.5 Å². The maximum absolute atomic E-state index is 5.79. The lowest BCUT2D eigenvalue weighted by atomic mass is 10.0. The molecule has 1 unspecified atom stereocenters. The third kappa shape index (κ3) is 2.03. The average Bonchev–Trinajstić information content (AvgIpc) is 2.94. The predicted molar refractivity (Wildman–Crippen MR) is 67.3 cm³/mol. The van der Waals surface area contributed by atoms with Crippen LogP contribution >= 0.6 is 0 Å². The number of aromatic nitrogens is 2. The standard InChI is InChI=1S/C13H16N4/c14-11-2-3-12-10(8-11)9-15-13(12)4-7-17-6-1-5-16-17/h1-3,5-6,8,13,15H,4,7,9,14H2. The molecule has 3 N–H and O–H groups in total. The number of nitrogens with two attached hydrogens (primary N) is 1. The molecule has 1 aliphatic rings. The molecule has 4 nitrogen and oxygen atoms in total. The number of hydrogen-bond acceptors (Lipinski definition) is 3. The van der Waals surface area contributed by atoms with E-state index in [1.54, 1.807) is 0 Å². The van der Waals surface area contributed by atoms with Crippen molar-refractivity contribution in [1.29, 1.82) is 0 Å².